The van der Waals surface area contributed by atoms with E-state index in [0.717, 1.165) is 4.90 Å². The van der Waals surface area contributed by atoms with Gasteiger partial charge in [-0.25, -0.2) is 14.4 Å². The van der Waals surface area contributed by atoms with Gasteiger partial charge >= 0.3 is 24.3 Å². The summed E-state index contributed by atoms with van der Waals surface area (Å²) in [6.45, 7) is 7.38. The molecule has 298 valence electrons. The number of alkyl halides is 3. The number of carbonyl (C=O) groups is 5. The Morgan fingerprint density at radius 2 is 1.64 bits per heavy atom. The summed E-state index contributed by atoms with van der Waals surface area (Å²) in [6, 6.07) is 17.1. The van der Waals surface area contributed by atoms with Crippen molar-refractivity contribution in [2.75, 3.05) is 38.5 Å². The molecule has 6 rings (SSSR count). The van der Waals surface area contributed by atoms with Crippen molar-refractivity contribution in [3.05, 3.63) is 107 Å². The number of likely N-dealkylation sites (tertiary alicyclic amines) is 2. The lowest BCUT2D eigenvalue weighted by molar-refractivity contribution is -0.181. The highest BCUT2D eigenvalue weighted by Gasteiger charge is 2.55. The van der Waals surface area contributed by atoms with Gasteiger partial charge in [0.05, 0.1) is 5.92 Å². The van der Waals surface area contributed by atoms with Crippen LogP contribution in [0.4, 0.5) is 22.8 Å². The lowest BCUT2D eigenvalue weighted by atomic mass is 9.95. The summed E-state index contributed by atoms with van der Waals surface area (Å²) in [6.07, 6.45) is -4.17. The molecule has 1 N–H and O–H groups in total. The van der Waals surface area contributed by atoms with Gasteiger partial charge in [0.2, 0.25) is 5.91 Å². The summed E-state index contributed by atoms with van der Waals surface area (Å²) in [4.78, 5) is 70.5. The summed E-state index contributed by atoms with van der Waals surface area (Å²) >= 11 is 1.27. The molecule has 3 saturated heterocycles. The largest absolute Gasteiger partial charge is 0.448 e. The molecule has 4 atom stereocenters. The molecule has 3 fully saturated rings. The highest BCUT2D eigenvalue weighted by molar-refractivity contribution is 8.00. The molecule has 0 radical (unpaired) electrons. The number of thioether (sulfide) groups is 1. The van der Waals surface area contributed by atoms with Gasteiger partial charge in [-0.3, -0.25) is 14.5 Å². The van der Waals surface area contributed by atoms with Crippen molar-refractivity contribution in [3.63, 3.8) is 0 Å². The molecule has 16 heteroatoms. The Morgan fingerprint density at radius 3 is 2.23 bits per heavy atom. The average Bonchev–Trinajstić information content (AvgIpc) is 3.75. The first-order valence-corrected chi connectivity index (χ1v) is 19.2. The number of hydrogen-bond donors (Lipinski definition) is 1. The number of halogens is 3. The predicted molar refractivity (Wildman–Crippen MR) is 200 cm³/mol. The molecule has 4 aliphatic rings. The number of ether oxygens (including phenoxy) is 3. The van der Waals surface area contributed by atoms with Crippen LogP contribution in [-0.2, 0) is 28.6 Å². The molecule has 0 aliphatic carbocycles. The quantitative estimate of drug-likeness (QED) is 0.101. The van der Waals surface area contributed by atoms with Gasteiger partial charge < -0.3 is 29.3 Å². The third kappa shape index (κ3) is 8.90. The minimum Gasteiger partial charge on any atom is -0.448 e. The minimum absolute atomic E-state index is 0.0989. The summed E-state index contributed by atoms with van der Waals surface area (Å²) in [7, 11) is 0. The summed E-state index contributed by atoms with van der Waals surface area (Å²) in [5.74, 6) is -4.75. The third-order valence-electron chi connectivity index (χ3n) is 9.75. The number of nitrogens with zero attached hydrogens (tertiary/aromatic N) is 3. The molecule has 2 aromatic rings. The fraction of sp³-hybridized carbons (Fsp3) is 0.425. The second-order valence-electron chi connectivity index (χ2n) is 14.9. The Hall–Kier alpha value is -5.25. The van der Waals surface area contributed by atoms with E-state index in [2.05, 4.69) is 11.9 Å². The normalized spacial score (nSPS) is 23.3. The first-order valence-electron chi connectivity index (χ1n) is 18.1. The number of benzene rings is 2. The number of carbonyl (C=O) groups excluding carboxylic acids is 5. The predicted octanol–water partition coefficient (Wildman–Crippen LogP) is 5.97. The van der Waals surface area contributed by atoms with E-state index in [4.69, 9.17) is 14.2 Å². The number of allylic oxidation sites excluding steroid dienone is 1. The zero-order valence-electron chi connectivity index (χ0n) is 31.1. The van der Waals surface area contributed by atoms with Crippen LogP contribution in [0.2, 0.25) is 0 Å². The van der Waals surface area contributed by atoms with E-state index in [-0.39, 0.29) is 49.7 Å². The van der Waals surface area contributed by atoms with Crippen LogP contribution in [0.5, 0.6) is 0 Å². The molecule has 0 unspecified atom stereocenters. The van der Waals surface area contributed by atoms with Crippen molar-refractivity contribution in [2.24, 2.45) is 11.8 Å². The number of hydrogen-bond acceptors (Lipinski definition) is 9. The van der Waals surface area contributed by atoms with Crippen LogP contribution in [-0.4, -0.2) is 106 Å². The van der Waals surface area contributed by atoms with Gasteiger partial charge in [0.25, 0.3) is 5.91 Å². The SMILES string of the molecule is C=CCOC(=O)N1C[C@H](CN2CCC(=CC3=C(C(=O)OC(c4ccccc4)c4ccccc4)N4C(=O)[C@@H](NC(=O)OC(C)(C)C)[C@H]4SC3)C2=O)[C@@H](C(F)(F)F)C1. The fourth-order valence-electron chi connectivity index (χ4n) is 7.19. The maximum absolute atomic E-state index is 14.4. The molecule has 0 spiro atoms. The molecule has 0 bridgehead atoms. The number of alkyl carbamates (subject to hydrolysis) is 1. The van der Waals surface area contributed by atoms with E-state index in [1.54, 1.807) is 69.3 Å². The van der Waals surface area contributed by atoms with E-state index in [9.17, 15) is 37.1 Å². The zero-order valence-corrected chi connectivity index (χ0v) is 31.9. The van der Waals surface area contributed by atoms with E-state index in [1.165, 1.54) is 33.7 Å². The number of esters is 1. The molecule has 2 aromatic carbocycles. The zero-order chi connectivity index (χ0) is 40.4. The van der Waals surface area contributed by atoms with E-state index in [0.29, 0.717) is 16.7 Å². The minimum atomic E-state index is -4.62. The van der Waals surface area contributed by atoms with Gasteiger partial charge in [0.1, 0.15) is 29.3 Å². The standard InChI is InChI=1S/C40H43F3N4O8S/c1-5-18-53-38(52)46-21-28(29(22-46)40(41,42)43)20-45-17-16-26(33(45)48)19-27-23-56-35-30(44-37(51)55-39(2,3)4)34(49)47(35)31(27)36(50)54-32(24-12-8-6-9-13-24)25-14-10-7-11-15-25/h5-15,19,28-30,32,35H,1,16-18,20-23H2,2-4H3,(H,44,51)/t28-,29-,30+,35+/m0/s1. The van der Waals surface area contributed by atoms with Crippen LogP contribution in [0, 0.1) is 11.8 Å². The average molecular weight is 797 g/mol. The monoisotopic (exact) mass is 796 g/mol. The Morgan fingerprint density at radius 1 is 1.00 bits per heavy atom. The number of nitrogens with one attached hydrogen (secondary N) is 1. The number of amides is 4. The van der Waals surface area contributed by atoms with Crippen LogP contribution < -0.4 is 5.32 Å². The van der Waals surface area contributed by atoms with Crippen molar-refractivity contribution in [1.82, 2.24) is 20.0 Å². The molecular formula is C40H43F3N4O8S. The molecule has 4 aliphatic heterocycles. The highest BCUT2D eigenvalue weighted by atomic mass is 32.2. The molecule has 4 amide bonds. The van der Waals surface area contributed by atoms with Crippen LogP contribution in [0.1, 0.15) is 44.4 Å². The summed E-state index contributed by atoms with van der Waals surface area (Å²) in [5, 5.41) is 1.91. The number of fused-ring (bicyclic) bond motifs is 1. The van der Waals surface area contributed by atoms with Gasteiger partial charge in [-0.15, -0.1) is 11.8 Å². The Kier molecular flexibility index (Phi) is 11.9. The molecule has 4 heterocycles. The molecular weight excluding hydrogens is 754 g/mol. The van der Waals surface area contributed by atoms with Crippen molar-refractivity contribution in [2.45, 2.75) is 56.5 Å². The smallest absolute Gasteiger partial charge is 0.410 e. The van der Waals surface area contributed by atoms with E-state index in [1.807, 2.05) is 12.1 Å². The second kappa shape index (κ2) is 16.5. The van der Waals surface area contributed by atoms with E-state index >= 15 is 0 Å². The van der Waals surface area contributed by atoms with Gasteiger partial charge in [-0.2, -0.15) is 13.2 Å². The molecule has 12 nitrogen and oxygen atoms in total. The highest BCUT2D eigenvalue weighted by Crippen LogP contribution is 2.43. The Balaban J connectivity index is 1.28. The van der Waals surface area contributed by atoms with Gasteiger partial charge in [-0.05, 0) is 50.0 Å². The fourth-order valence-corrected chi connectivity index (χ4v) is 8.50. The van der Waals surface area contributed by atoms with Crippen LogP contribution in [0.15, 0.2) is 96.2 Å². The van der Waals surface area contributed by atoms with E-state index < -0.39 is 77.6 Å². The van der Waals surface area contributed by atoms with Crippen molar-refractivity contribution in [3.8, 4) is 0 Å². The maximum atomic E-state index is 14.4. The number of β-lactam (4-membered cyclic amide) rings is 1. The van der Waals surface area contributed by atoms with Crippen molar-refractivity contribution >= 4 is 41.7 Å². The maximum Gasteiger partial charge on any atom is 0.410 e. The summed E-state index contributed by atoms with van der Waals surface area (Å²) < 4.78 is 58.9. The summed E-state index contributed by atoms with van der Waals surface area (Å²) in [5.41, 5.74) is 0.984. The first kappa shape index (κ1) is 40.4. The van der Waals surface area contributed by atoms with Crippen LogP contribution >= 0.6 is 11.8 Å². The van der Waals surface area contributed by atoms with Gasteiger partial charge in [0.15, 0.2) is 6.10 Å². The third-order valence-corrected chi connectivity index (χ3v) is 11.1. The lowest BCUT2D eigenvalue weighted by Crippen LogP contribution is -2.70. The van der Waals surface area contributed by atoms with Crippen LogP contribution in [0.25, 0.3) is 0 Å². The van der Waals surface area contributed by atoms with Crippen molar-refractivity contribution in [1.29, 1.82) is 0 Å². The number of rotatable bonds is 10. The molecule has 56 heavy (non-hydrogen) atoms. The van der Waals surface area contributed by atoms with Crippen molar-refractivity contribution < 1.29 is 51.4 Å². The second-order valence-corrected chi connectivity index (χ2v) is 16.0. The Labute approximate surface area is 326 Å². The first-order chi connectivity index (χ1) is 26.6. The van der Waals surface area contributed by atoms with Gasteiger partial charge in [-0.1, -0.05) is 73.3 Å². The van der Waals surface area contributed by atoms with Gasteiger partial charge in [0, 0.05) is 43.4 Å². The molecule has 0 aromatic heterocycles. The lowest BCUT2D eigenvalue weighted by Gasteiger charge is -2.49. The molecule has 0 saturated carbocycles. The topological polar surface area (TPSA) is 135 Å². The van der Waals surface area contributed by atoms with Crippen LogP contribution in [0.3, 0.4) is 0 Å². The Bertz CT molecular complexity index is 1880.